The number of carbonyl (C=O) groups excluding carboxylic acids is 2. The Morgan fingerprint density at radius 2 is 1.93 bits per heavy atom. The smallest absolute Gasteiger partial charge is 0.257 e. The van der Waals surface area contributed by atoms with E-state index in [1.54, 1.807) is 11.0 Å². The van der Waals surface area contributed by atoms with Gasteiger partial charge in [-0.1, -0.05) is 29.8 Å². The molecule has 1 saturated heterocycles. The van der Waals surface area contributed by atoms with Gasteiger partial charge in [-0.2, -0.15) is 0 Å². The van der Waals surface area contributed by atoms with Crippen molar-refractivity contribution in [1.29, 1.82) is 0 Å². The summed E-state index contributed by atoms with van der Waals surface area (Å²) < 4.78 is 7.56. The fraction of sp³-hybridized carbons (Fsp3) is 0.318. The number of nitrogens with one attached hydrogen (secondary N) is 1. The summed E-state index contributed by atoms with van der Waals surface area (Å²) in [6.07, 6.45) is 4.43. The minimum absolute atomic E-state index is 0.0270. The van der Waals surface area contributed by atoms with E-state index in [0.717, 1.165) is 24.1 Å². The van der Waals surface area contributed by atoms with Crippen LogP contribution in [-0.2, 0) is 11.3 Å². The van der Waals surface area contributed by atoms with Crippen molar-refractivity contribution in [3.05, 3.63) is 63.3 Å². The quantitative estimate of drug-likeness (QED) is 0.601. The molecule has 30 heavy (non-hydrogen) atoms. The number of thiazole rings is 1. The van der Waals surface area contributed by atoms with Crippen LogP contribution in [0.1, 0.15) is 28.8 Å². The molecule has 1 aliphatic rings. The molecule has 0 spiro atoms. The number of amides is 2. The molecule has 0 radical (unpaired) electrons. The molecule has 3 heterocycles. The number of likely N-dealkylation sites (tertiary alicyclic amines) is 1. The molecule has 0 unspecified atom stereocenters. The third-order valence-corrected chi connectivity index (χ3v) is 6.62. The van der Waals surface area contributed by atoms with Crippen molar-refractivity contribution in [3.8, 4) is 11.3 Å². The zero-order valence-corrected chi connectivity index (χ0v) is 18.3. The average molecular weight is 442 g/mol. The zero-order chi connectivity index (χ0) is 21.1. The monoisotopic (exact) mass is 441 g/mol. The number of aromatic nitrogens is 1. The van der Waals surface area contributed by atoms with Crippen molar-refractivity contribution in [1.82, 2.24) is 14.8 Å². The maximum absolute atomic E-state index is 12.7. The first-order valence-electron chi connectivity index (χ1n) is 9.87. The third-order valence-electron chi connectivity index (χ3n) is 5.35. The summed E-state index contributed by atoms with van der Waals surface area (Å²) in [5, 5.41) is 5.11. The molecule has 1 aromatic carbocycles. The van der Waals surface area contributed by atoms with Gasteiger partial charge in [0.25, 0.3) is 5.91 Å². The number of hydrogen-bond donors (Lipinski definition) is 1. The maximum atomic E-state index is 12.7. The first kappa shape index (κ1) is 20.6. The Balaban J connectivity index is 1.35. The van der Waals surface area contributed by atoms with E-state index >= 15 is 0 Å². The van der Waals surface area contributed by atoms with Gasteiger partial charge in [0.2, 0.25) is 5.91 Å². The lowest BCUT2D eigenvalue weighted by atomic mass is 10.0. The molecular formula is C22H23N3O3S2. The van der Waals surface area contributed by atoms with E-state index in [1.165, 1.54) is 29.4 Å². The zero-order valence-electron chi connectivity index (χ0n) is 16.7. The highest BCUT2D eigenvalue weighted by molar-refractivity contribution is 7.73. The maximum Gasteiger partial charge on any atom is 0.257 e. The summed E-state index contributed by atoms with van der Waals surface area (Å²) in [5.41, 5.74) is 3.76. The molecule has 2 amide bonds. The summed E-state index contributed by atoms with van der Waals surface area (Å²) in [6, 6.07) is 9.94. The number of rotatable bonds is 5. The molecule has 8 heteroatoms. The first-order chi connectivity index (χ1) is 14.5. The summed E-state index contributed by atoms with van der Waals surface area (Å²) in [4.78, 5) is 26.9. The fourth-order valence-corrected chi connectivity index (χ4v) is 4.72. The van der Waals surface area contributed by atoms with Crippen molar-refractivity contribution in [2.24, 2.45) is 0 Å². The average Bonchev–Trinajstić information content (AvgIpc) is 3.40. The summed E-state index contributed by atoms with van der Waals surface area (Å²) in [7, 11) is 0. The standard InChI is InChI=1S/C22H23N3O3S2/c1-15-2-4-16(5-3-15)19-14-30-22(29)25(19)12-20(26)23-18-6-9-24(10-7-18)21(27)17-8-11-28-13-17/h2-5,8,11,13-14,18H,6-7,9-10,12H2,1H3,(H,23,26). The van der Waals surface area contributed by atoms with Crippen LogP contribution in [0.4, 0.5) is 0 Å². The lowest BCUT2D eigenvalue weighted by Crippen LogP contribution is -2.47. The third kappa shape index (κ3) is 4.55. The largest absolute Gasteiger partial charge is 0.472 e. The van der Waals surface area contributed by atoms with Crippen molar-refractivity contribution < 1.29 is 14.0 Å². The molecule has 2 aromatic heterocycles. The SMILES string of the molecule is Cc1ccc(-c2csc(=S)n2CC(=O)NC2CCN(C(=O)c3ccoc3)CC2)cc1. The van der Waals surface area contributed by atoms with Gasteiger partial charge in [-0.05, 0) is 43.6 Å². The number of furan rings is 1. The summed E-state index contributed by atoms with van der Waals surface area (Å²) in [5.74, 6) is -0.0849. The van der Waals surface area contributed by atoms with Gasteiger partial charge in [-0.25, -0.2) is 0 Å². The highest BCUT2D eigenvalue weighted by Gasteiger charge is 2.25. The fourth-order valence-electron chi connectivity index (χ4n) is 3.64. The van der Waals surface area contributed by atoms with Gasteiger partial charge in [0, 0.05) is 24.5 Å². The van der Waals surface area contributed by atoms with Crippen LogP contribution >= 0.6 is 23.6 Å². The predicted octanol–water partition coefficient (Wildman–Crippen LogP) is 4.27. The highest BCUT2D eigenvalue weighted by Crippen LogP contribution is 2.24. The lowest BCUT2D eigenvalue weighted by molar-refractivity contribution is -0.122. The number of nitrogens with zero attached hydrogens (tertiary/aromatic N) is 2. The molecule has 4 rings (SSSR count). The number of benzene rings is 1. The van der Waals surface area contributed by atoms with Crippen LogP contribution in [0.3, 0.4) is 0 Å². The van der Waals surface area contributed by atoms with Crippen molar-refractivity contribution in [2.75, 3.05) is 13.1 Å². The van der Waals surface area contributed by atoms with Crippen molar-refractivity contribution in [3.63, 3.8) is 0 Å². The van der Waals surface area contributed by atoms with Gasteiger partial charge in [0.05, 0.1) is 17.5 Å². The minimum Gasteiger partial charge on any atom is -0.472 e. The second-order valence-electron chi connectivity index (χ2n) is 7.49. The van der Waals surface area contributed by atoms with E-state index in [-0.39, 0.29) is 24.4 Å². The van der Waals surface area contributed by atoms with Gasteiger partial charge in [0.1, 0.15) is 12.8 Å². The Kier molecular flexibility index (Phi) is 6.15. The van der Waals surface area contributed by atoms with E-state index in [9.17, 15) is 9.59 Å². The Morgan fingerprint density at radius 1 is 1.20 bits per heavy atom. The number of aryl methyl sites for hydroxylation is 1. The molecule has 0 aliphatic carbocycles. The van der Waals surface area contributed by atoms with Crippen molar-refractivity contribution >= 4 is 35.4 Å². The van der Waals surface area contributed by atoms with Crippen LogP contribution < -0.4 is 5.32 Å². The van der Waals surface area contributed by atoms with Crippen LogP contribution in [0.5, 0.6) is 0 Å². The lowest BCUT2D eigenvalue weighted by Gasteiger charge is -2.32. The molecule has 6 nitrogen and oxygen atoms in total. The van der Waals surface area contributed by atoms with E-state index < -0.39 is 0 Å². The molecule has 0 saturated carbocycles. The first-order valence-corrected chi connectivity index (χ1v) is 11.2. The molecular weight excluding hydrogens is 418 g/mol. The second-order valence-corrected chi connectivity index (χ2v) is 8.99. The molecule has 1 N–H and O–H groups in total. The molecule has 3 aromatic rings. The Hall–Kier alpha value is -2.71. The number of carbonyl (C=O) groups is 2. The second kappa shape index (κ2) is 8.97. The van der Waals surface area contributed by atoms with Gasteiger partial charge in [-0.3, -0.25) is 9.59 Å². The summed E-state index contributed by atoms with van der Waals surface area (Å²) in [6.45, 7) is 3.47. The van der Waals surface area contributed by atoms with Crippen molar-refractivity contribution in [2.45, 2.75) is 32.4 Å². The van der Waals surface area contributed by atoms with Gasteiger partial charge >= 0.3 is 0 Å². The van der Waals surface area contributed by atoms with Crippen LogP contribution in [-0.4, -0.2) is 40.4 Å². The molecule has 1 aliphatic heterocycles. The Labute approximate surface area is 184 Å². The molecule has 0 bridgehead atoms. The number of piperidine rings is 1. The Bertz CT molecular complexity index is 1080. The summed E-state index contributed by atoms with van der Waals surface area (Å²) >= 11 is 6.92. The van der Waals surface area contributed by atoms with Crippen LogP contribution in [0, 0.1) is 10.9 Å². The Morgan fingerprint density at radius 3 is 2.60 bits per heavy atom. The molecule has 1 fully saturated rings. The predicted molar refractivity (Wildman–Crippen MR) is 119 cm³/mol. The minimum atomic E-state index is -0.0579. The molecule has 0 atom stereocenters. The van der Waals surface area contributed by atoms with E-state index in [1.807, 2.05) is 29.0 Å². The van der Waals surface area contributed by atoms with E-state index in [0.29, 0.717) is 22.6 Å². The van der Waals surface area contributed by atoms with E-state index in [4.69, 9.17) is 16.6 Å². The number of hydrogen-bond acceptors (Lipinski definition) is 5. The normalized spacial score (nSPS) is 14.6. The highest BCUT2D eigenvalue weighted by atomic mass is 32.1. The topological polar surface area (TPSA) is 67.5 Å². The van der Waals surface area contributed by atoms with Crippen LogP contribution in [0.25, 0.3) is 11.3 Å². The van der Waals surface area contributed by atoms with Crippen LogP contribution in [0.2, 0.25) is 0 Å². The van der Waals surface area contributed by atoms with E-state index in [2.05, 4.69) is 17.4 Å². The van der Waals surface area contributed by atoms with Crippen LogP contribution in [0.15, 0.2) is 52.7 Å². The van der Waals surface area contributed by atoms with Gasteiger partial charge in [0.15, 0.2) is 3.95 Å². The molecule has 156 valence electrons. The van der Waals surface area contributed by atoms with Gasteiger partial charge < -0.3 is 19.2 Å². The van der Waals surface area contributed by atoms with Gasteiger partial charge in [-0.15, -0.1) is 11.3 Å².